The van der Waals surface area contributed by atoms with Crippen LogP contribution in [0.3, 0.4) is 0 Å². The molecule has 1 aromatic rings. The van der Waals surface area contributed by atoms with Gasteiger partial charge in [-0.3, -0.25) is 14.4 Å². The highest BCUT2D eigenvalue weighted by atomic mass is 16.4. The molecule has 0 aliphatic heterocycles. The number of carboxylic acids is 1. The van der Waals surface area contributed by atoms with E-state index < -0.39 is 41.8 Å². The summed E-state index contributed by atoms with van der Waals surface area (Å²) in [6.45, 7) is 3.66. The lowest BCUT2D eigenvalue weighted by molar-refractivity contribution is -0.142. The molecule has 0 fully saturated rings. The van der Waals surface area contributed by atoms with Crippen molar-refractivity contribution in [1.29, 1.82) is 0 Å². The smallest absolute Gasteiger partial charge is 0.326 e. The molecule has 0 heterocycles. The van der Waals surface area contributed by atoms with Crippen molar-refractivity contribution in [3.8, 4) is 0 Å². The first kappa shape index (κ1) is 27.1. The van der Waals surface area contributed by atoms with Gasteiger partial charge in [0.2, 0.25) is 17.7 Å². The summed E-state index contributed by atoms with van der Waals surface area (Å²) in [5.41, 5.74) is 12.0. The number of carboxylic acid groups (broad SMARTS) is 1. The predicted molar refractivity (Wildman–Crippen MR) is 120 cm³/mol. The fourth-order valence-corrected chi connectivity index (χ4v) is 2.92. The van der Waals surface area contributed by atoms with Gasteiger partial charge >= 0.3 is 5.97 Å². The van der Waals surface area contributed by atoms with Gasteiger partial charge in [-0.15, -0.1) is 0 Å². The zero-order chi connectivity index (χ0) is 24.1. The van der Waals surface area contributed by atoms with Gasteiger partial charge in [0.15, 0.2) is 0 Å². The average molecular weight is 450 g/mol. The summed E-state index contributed by atoms with van der Waals surface area (Å²) >= 11 is 0. The van der Waals surface area contributed by atoms with Crippen molar-refractivity contribution in [3.63, 3.8) is 0 Å². The van der Waals surface area contributed by atoms with E-state index in [2.05, 4.69) is 16.0 Å². The summed E-state index contributed by atoms with van der Waals surface area (Å²) in [7, 11) is 0. The Kier molecular flexibility index (Phi) is 12.0. The molecule has 3 amide bonds. The molecule has 1 rings (SSSR count). The summed E-state index contributed by atoms with van der Waals surface area (Å²) < 4.78 is 0. The van der Waals surface area contributed by atoms with Crippen LogP contribution in [0.25, 0.3) is 0 Å². The van der Waals surface area contributed by atoms with Crippen molar-refractivity contribution in [1.82, 2.24) is 16.0 Å². The number of nitrogens with two attached hydrogens (primary N) is 2. The lowest BCUT2D eigenvalue weighted by Gasteiger charge is -2.22. The molecule has 0 aromatic heterocycles. The highest BCUT2D eigenvalue weighted by molar-refractivity contribution is 5.92. The van der Waals surface area contributed by atoms with Gasteiger partial charge in [0.1, 0.15) is 12.1 Å². The van der Waals surface area contributed by atoms with E-state index in [0.29, 0.717) is 19.4 Å². The Balaban J connectivity index is 2.75. The summed E-state index contributed by atoms with van der Waals surface area (Å²) in [6, 6.07) is 6.07. The quantitative estimate of drug-likeness (QED) is 0.208. The third-order valence-electron chi connectivity index (χ3n) is 4.94. The molecule has 178 valence electrons. The third kappa shape index (κ3) is 9.88. The number of benzene rings is 1. The Hall–Kier alpha value is -2.98. The maximum Gasteiger partial charge on any atom is 0.326 e. The Morgan fingerprint density at radius 3 is 2.19 bits per heavy atom. The van der Waals surface area contributed by atoms with E-state index in [1.54, 1.807) is 38.1 Å². The molecule has 0 aliphatic rings. The zero-order valence-electron chi connectivity index (χ0n) is 18.7. The number of carbonyl (C=O) groups excluding carboxylic acids is 3. The van der Waals surface area contributed by atoms with Crippen LogP contribution < -0.4 is 27.4 Å². The summed E-state index contributed by atoms with van der Waals surface area (Å²) in [6.07, 6.45) is 1.60. The molecule has 8 N–H and O–H groups in total. The maximum atomic E-state index is 12.8. The molecule has 0 radical (unpaired) electrons. The largest absolute Gasteiger partial charge is 0.480 e. The van der Waals surface area contributed by atoms with Crippen LogP contribution in [0, 0.1) is 5.92 Å². The lowest BCUT2D eigenvalue weighted by Crippen LogP contribution is -2.54. The molecular formula is C22H35N5O5. The van der Waals surface area contributed by atoms with E-state index in [4.69, 9.17) is 11.5 Å². The Morgan fingerprint density at radius 1 is 0.969 bits per heavy atom. The summed E-state index contributed by atoms with van der Waals surface area (Å²) in [5, 5.41) is 17.0. The molecule has 10 heteroatoms. The molecule has 3 unspecified atom stereocenters. The number of unbranched alkanes of at least 4 members (excludes halogenated alkanes) is 1. The summed E-state index contributed by atoms with van der Waals surface area (Å²) in [4.78, 5) is 48.7. The minimum atomic E-state index is -1.18. The van der Waals surface area contributed by atoms with Gasteiger partial charge in [0.25, 0.3) is 0 Å². The fourth-order valence-electron chi connectivity index (χ4n) is 2.92. The van der Waals surface area contributed by atoms with Crippen LogP contribution in [-0.2, 0) is 25.6 Å². The van der Waals surface area contributed by atoms with Crippen molar-refractivity contribution in [2.45, 2.75) is 57.7 Å². The summed E-state index contributed by atoms with van der Waals surface area (Å²) in [5.74, 6) is -2.91. The highest BCUT2D eigenvalue weighted by Gasteiger charge is 2.27. The van der Waals surface area contributed by atoms with Gasteiger partial charge < -0.3 is 32.5 Å². The molecule has 0 aliphatic carbocycles. The first-order valence-electron chi connectivity index (χ1n) is 10.8. The van der Waals surface area contributed by atoms with Crippen molar-refractivity contribution in [2.24, 2.45) is 17.4 Å². The van der Waals surface area contributed by atoms with E-state index in [-0.39, 0.29) is 25.3 Å². The highest BCUT2D eigenvalue weighted by Crippen LogP contribution is 2.06. The van der Waals surface area contributed by atoms with Gasteiger partial charge in [-0.25, -0.2) is 4.79 Å². The molecule has 32 heavy (non-hydrogen) atoms. The minimum Gasteiger partial charge on any atom is -0.480 e. The fraction of sp³-hybridized carbons (Fsp3) is 0.545. The third-order valence-corrected chi connectivity index (χ3v) is 4.94. The first-order valence-corrected chi connectivity index (χ1v) is 10.8. The molecular weight excluding hydrogens is 414 g/mol. The second kappa shape index (κ2) is 14.2. The average Bonchev–Trinajstić information content (AvgIpc) is 2.76. The van der Waals surface area contributed by atoms with Gasteiger partial charge in [-0.05, 0) is 37.3 Å². The number of hydrogen-bond acceptors (Lipinski definition) is 6. The number of nitrogens with one attached hydrogen (secondary N) is 3. The van der Waals surface area contributed by atoms with Crippen LogP contribution in [-0.4, -0.2) is 60.0 Å². The van der Waals surface area contributed by atoms with Crippen LogP contribution >= 0.6 is 0 Å². The van der Waals surface area contributed by atoms with Gasteiger partial charge in [0.05, 0.1) is 12.6 Å². The number of rotatable bonds is 14. The minimum absolute atomic E-state index is 0.0922. The monoisotopic (exact) mass is 449 g/mol. The molecule has 0 saturated carbocycles. The number of aliphatic carboxylic acids is 1. The van der Waals surface area contributed by atoms with Crippen molar-refractivity contribution < 1.29 is 24.3 Å². The molecule has 0 bridgehead atoms. The van der Waals surface area contributed by atoms with Crippen LogP contribution in [0.1, 0.15) is 38.7 Å². The van der Waals surface area contributed by atoms with Crippen LogP contribution in [0.5, 0.6) is 0 Å². The molecule has 3 atom stereocenters. The number of carbonyl (C=O) groups is 4. The van der Waals surface area contributed by atoms with Crippen molar-refractivity contribution in [2.75, 3.05) is 13.1 Å². The van der Waals surface area contributed by atoms with E-state index in [1.807, 2.05) is 6.07 Å². The Morgan fingerprint density at radius 2 is 1.62 bits per heavy atom. The second-order valence-electron chi connectivity index (χ2n) is 7.98. The van der Waals surface area contributed by atoms with Crippen molar-refractivity contribution in [3.05, 3.63) is 35.9 Å². The van der Waals surface area contributed by atoms with E-state index in [0.717, 1.165) is 5.56 Å². The Labute approximate surface area is 188 Å². The lowest BCUT2D eigenvalue weighted by atomic mass is 10.0. The van der Waals surface area contributed by atoms with E-state index in [1.165, 1.54) is 0 Å². The Bertz CT molecular complexity index is 756. The number of amides is 3. The number of hydrogen-bond donors (Lipinski definition) is 6. The van der Waals surface area contributed by atoms with Gasteiger partial charge in [-0.1, -0.05) is 44.2 Å². The second-order valence-corrected chi connectivity index (χ2v) is 7.98. The molecule has 1 aromatic carbocycles. The van der Waals surface area contributed by atoms with Crippen LogP contribution in [0.4, 0.5) is 0 Å². The van der Waals surface area contributed by atoms with E-state index >= 15 is 0 Å². The van der Waals surface area contributed by atoms with Gasteiger partial charge in [0, 0.05) is 6.42 Å². The first-order chi connectivity index (χ1) is 15.1. The van der Waals surface area contributed by atoms with Crippen LogP contribution in [0.2, 0.25) is 0 Å². The molecule has 10 nitrogen and oxygen atoms in total. The topological polar surface area (TPSA) is 177 Å². The van der Waals surface area contributed by atoms with Crippen molar-refractivity contribution >= 4 is 23.7 Å². The molecule has 0 spiro atoms. The SMILES string of the molecule is CC(C)C(N)C(=O)NCC(=O)NC(CCCCN)C(=O)NC(Cc1ccccc1)C(=O)O. The van der Waals surface area contributed by atoms with Gasteiger partial charge in [-0.2, -0.15) is 0 Å². The standard InChI is InChI=1S/C22H35N5O5/c1-14(2)19(24)21(30)25-13-18(28)26-16(10-6-7-11-23)20(29)27-17(22(31)32)12-15-8-4-3-5-9-15/h3-5,8-9,14,16-17,19H,6-7,10-13,23-24H2,1-2H3,(H,25,30)(H,26,28)(H,27,29)(H,31,32). The zero-order valence-corrected chi connectivity index (χ0v) is 18.7. The maximum absolute atomic E-state index is 12.8. The molecule has 0 saturated heterocycles. The van der Waals surface area contributed by atoms with E-state index in [9.17, 15) is 24.3 Å². The normalized spacial score (nSPS) is 13.7. The van der Waals surface area contributed by atoms with Crippen LogP contribution in [0.15, 0.2) is 30.3 Å². The predicted octanol–water partition coefficient (Wildman–Crippen LogP) is -0.488.